The van der Waals surface area contributed by atoms with E-state index in [2.05, 4.69) is 23.6 Å². The zero-order valence-corrected chi connectivity index (χ0v) is 21.9. The van der Waals surface area contributed by atoms with Crippen molar-refractivity contribution in [1.82, 2.24) is 24.6 Å². The molecule has 2 aliphatic rings. The predicted octanol–water partition coefficient (Wildman–Crippen LogP) is 6.14. The van der Waals surface area contributed by atoms with Crippen molar-refractivity contribution in [2.24, 2.45) is 5.92 Å². The van der Waals surface area contributed by atoms with Crippen LogP contribution in [0.3, 0.4) is 0 Å². The third-order valence-corrected chi connectivity index (χ3v) is 8.19. The first-order valence-corrected chi connectivity index (χ1v) is 13.3. The van der Waals surface area contributed by atoms with Gasteiger partial charge >= 0.3 is 0 Å². The lowest BCUT2D eigenvalue weighted by Gasteiger charge is -2.42. The third kappa shape index (κ3) is 4.65. The molecule has 0 bridgehead atoms. The monoisotopic (exact) mass is 500 g/mol. The molecule has 0 N–H and O–H groups in total. The van der Waals surface area contributed by atoms with Crippen LogP contribution < -0.4 is 4.90 Å². The summed E-state index contributed by atoms with van der Waals surface area (Å²) in [4.78, 5) is 15.0. The molecule has 6 nitrogen and oxygen atoms in total. The van der Waals surface area contributed by atoms with E-state index in [4.69, 9.17) is 38.3 Å². The van der Waals surface area contributed by atoms with Crippen LogP contribution in [0.25, 0.3) is 11.2 Å². The second-order valence-corrected chi connectivity index (χ2v) is 10.8. The van der Waals surface area contributed by atoms with Crippen molar-refractivity contribution in [1.29, 1.82) is 0 Å². The van der Waals surface area contributed by atoms with Crippen LogP contribution in [-0.4, -0.2) is 56.9 Å². The highest BCUT2D eigenvalue weighted by Gasteiger charge is 2.32. The molecule has 1 aromatic carbocycles. The fraction of sp³-hybridized carbons (Fsp3) is 0.577. The number of fused-ring (bicyclic) bond motifs is 1. The van der Waals surface area contributed by atoms with E-state index in [-0.39, 0.29) is 6.04 Å². The van der Waals surface area contributed by atoms with Gasteiger partial charge in [0, 0.05) is 29.2 Å². The van der Waals surface area contributed by atoms with Crippen LogP contribution in [0.2, 0.25) is 10.0 Å². The van der Waals surface area contributed by atoms with E-state index >= 15 is 0 Å². The maximum Gasteiger partial charge on any atom is 0.179 e. The number of hydrogen-bond acceptors (Lipinski definition) is 5. The standard InChI is InChI=1S/C26H34Cl2N6/c1-17-16-33(13-10-23(17)32-11-6-4-5-7-12-32)24-15-29-25-18(2)31-34(26(25)30-24)19(3)21-9-8-20(27)14-22(21)28/h8-9,14-15,17,19,23H,4-7,10-13,16H2,1-3H3/t17-,19?,23?/m1/s1. The molecule has 0 amide bonds. The quantitative estimate of drug-likeness (QED) is 0.430. The number of hydrogen-bond donors (Lipinski definition) is 0. The van der Waals surface area contributed by atoms with Gasteiger partial charge in [0.1, 0.15) is 11.3 Å². The summed E-state index contributed by atoms with van der Waals surface area (Å²) in [5.41, 5.74) is 3.48. The summed E-state index contributed by atoms with van der Waals surface area (Å²) in [5, 5.41) is 6.05. The lowest BCUT2D eigenvalue weighted by atomic mass is 9.92. The van der Waals surface area contributed by atoms with Crippen LogP contribution >= 0.6 is 23.2 Å². The van der Waals surface area contributed by atoms with Crippen LogP contribution in [-0.2, 0) is 0 Å². The highest BCUT2D eigenvalue weighted by molar-refractivity contribution is 6.35. The molecule has 182 valence electrons. The van der Waals surface area contributed by atoms with Gasteiger partial charge in [0.25, 0.3) is 0 Å². The van der Waals surface area contributed by atoms with Gasteiger partial charge in [-0.05, 0) is 69.8 Å². The molecular formula is C26H34Cl2N6. The van der Waals surface area contributed by atoms with Gasteiger partial charge in [-0.1, -0.05) is 49.0 Å². The number of nitrogens with zero attached hydrogens (tertiary/aromatic N) is 6. The molecule has 3 atom stereocenters. The first-order valence-electron chi connectivity index (χ1n) is 12.6. The maximum absolute atomic E-state index is 6.52. The molecule has 2 unspecified atom stereocenters. The van der Waals surface area contributed by atoms with Crippen molar-refractivity contribution in [3.8, 4) is 0 Å². The summed E-state index contributed by atoms with van der Waals surface area (Å²) in [6, 6.07) is 6.19. The van der Waals surface area contributed by atoms with Gasteiger partial charge in [0.05, 0.1) is 17.9 Å². The van der Waals surface area contributed by atoms with Gasteiger partial charge in [-0.15, -0.1) is 0 Å². The second kappa shape index (κ2) is 10.00. The minimum atomic E-state index is -0.0850. The van der Waals surface area contributed by atoms with Gasteiger partial charge in [-0.2, -0.15) is 5.10 Å². The molecule has 0 radical (unpaired) electrons. The lowest BCUT2D eigenvalue weighted by Crippen LogP contribution is -2.50. The summed E-state index contributed by atoms with van der Waals surface area (Å²) < 4.78 is 1.95. The highest BCUT2D eigenvalue weighted by atomic mass is 35.5. The van der Waals surface area contributed by atoms with Crippen molar-refractivity contribution in [2.45, 2.75) is 65.0 Å². The molecule has 2 saturated heterocycles. The van der Waals surface area contributed by atoms with Crippen molar-refractivity contribution < 1.29 is 0 Å². The largest absolute Gasteiger partial charge is 0.355 e. The van der Waals surface area contributed by atoms with E-state index in [9.17, 15) is 0 Å². The lowest BCUT2D eigenvalue weighted by molar-refractivity contribution is 0.132. The van der Waals surface area contributed by atoms with Crippen molar-refractivity contribution in [2.75, 3.05) is 31.1 Å². The Morgan fingerprint density at radius 2 is 1.82 bits per heavy atom. The Bertz CT molecular complexity index is 1150. The molecule has 3 aromatic rings. The van der Waals surface area contributed by atoms with Crippen molar-refractivity contribution >= 4 is 40.2 Å². The second-order valence-electron chi connectivity index (χ2n) is 10.0. The van der Waals surface area contributed by atoms with Gasteiger partial charge in [-0.25, -0.2) is 14.6 Å². The number of anilines is 1. The SMILES string of the molecule is Cc1nn(C(C)c2ccc(Cl)cc2Cl)c2nc(N3CCC(N4CCCCCC4)[C@H](C)C3)cnc12. The number of benzene rings is 1. The summed E-state index contributed by atoms with van der Waals surface area (Å²) in [6.07, 6.45) is 8.54. The average Bonchev–Trinajstić information content (AvgIpc) is 2.98. The molecule has 0 saturated carbocycles. The molecule has 2 aliphatic heterocycles. The molecule has 34 heavy (non-hydrogen) atoms. The maximum atomic E-state index is 6.52. The Morgan fingerprint density at radius 1 is 1.06 bits per heavy atom. The molecule has 2 fully saturated rings. The summed E-state index contributed by atoms with van der Waals surface area (Å²) in [7, 11) is 0. The summed E-state index contributed by atoms with van der Waals surface area (Å²) in [5.74, 6) is 1.53. The van der Waals surface area contributed by atoms with E-state index in [0.29, 0.717) is 22.0 Å². The van der Waals surface area contributed by atoms with Crippen LogP contribution in [0.1, 0.15) is 63.3 Å². The van der Waals surface area contributed by atoms with Crippen molar-refractivity contribution in [3.63, 3.8) is 0 Å². The molecular weight excluding hydrogens is 467 g/mol. The van der Waals surface area contributed by atoms with Crippen molar-refractivity contribution in [3.05, 3.63) is 45.7 Å². The average molecular weight is 502 g/mol. The Morgan fingerprint density at radius 3 is 2.53 bits per heavy atom. The fourth-order valence-electron chi connectivity index (χ4n) is 5.75. The van der Waals surface area contributed by atoms with Gasteiger partial charge in [-0.3, -0.25) is 4.90 Å². The first-order chi connectivity index (χ1) is 16.4. The number of aromatic nitrogens is 4. The highest BCUT2D eigenvalue weighted by Crippen LogP contribution is 2.32. The smallest absolute Gasteiger partial charge is 0.179 e. The normalized spacial score (nSPS) is 23.3. The molecule has 0 aliphatic carbocycles. The Balaban J connectivity index is 1.40. The van der Waals surface area contributed by atoms with Crippen LogP contribution in [0.5, 0.6) is 0 Å². The van der Waals surface area contributed by atoms with E-state index in [1.165, 1.54) is 45.2 Å². The minimum absolute atomic E-state index is 0.0850. The Labute approximate surface area is 212 Å². The zero-order chi connectivity index (χ0) is 23.8. The number of halogens is 2. The Kier molecular flexibility index (Phi) is 7.01. The summed E-state index contributed by atoms with van der Waals surface area (Å²) >= 11 is 12.6. The first kappa shape index (κ1) is 23.8. The van der Waals surface area contributed by atoms with Crippen LogP contribution in [0, 0.1) is 12.8 Å². The fourth-order valence-corrected chi connectivity index (χ4v) is 6.31. The van der Waals surface area contributed by atoms with Crippen LogP contribution in [0.4, 0.5) is 5.82 Å². The zero-order valence-electron chi connectivity index (χ0n) is 20.3. The van der Waals surface area contributed by atoms with E-state index in [1.54, 1.807) is 6.07 Å². The number of aryl methyl sites for hydroxylation is 1. The predicted molar refractivity (Wildman–Crippen MR) is 140 cm³/mol. The Hall–Kier alpha value is -1.89. The number of likely N-dealkylation sites (tertiary alicyclic amines) is 1. The topological polar surface area (TPSA) is 50.1 Å². The van der Waals surface area contributed by atoms with E-state index in [1.807, 2.05) is 29.9 Å². The summed E-state index contributed by atoms with van der Waals surface area (Å²) in [6.45, 7) is 11.0. The molecule has 8 heteroatoms. The number of piperidine rings is 1. The van der Waals surface area contributed by atoms with Crippen LogP contribution in [0.15, 0.2) is 24.4 Å². The van der Waals surface area contributed by atoms with Gasteiger partial charge in [0.2, 0.25) is 0 Å². The molecule has 5 rings (SSSR count). The number of rotatable bonds is 4. The van der Waals surface area contributed by atoms with E-state index < -0.39 is 0 Å². The van der Waals surface area contributed by atoms with E-state index in [0.717, 1.165) is 41.3 Å². The van der Waals surface area contributed by atoms with Gasteiger partial charge < -0.3 is 4.90 Å². The van der Waals surface area contributed by atoms with Gasteiger partial charge in [0.15, 0.2) is 5.65 Å². The third-order valence-electron chi connectivity index (χ3n) is 7.63. The molecule has 0 spiro atoms. The molecule has 2 aromatic heterocycles. The minimum Gasteiger partial charge on any atom is -0.355 e. The molecule has 4 heterocycles.